The Morgan fingerprint density at radius 1 is 1.29 bits per heavy atom. The lowest BCUT2D eigenvalue weighted by molar-refractivity contribution is -0.138. The number of carbonyl (C=O) groups is 1. The van der Waals surface area contributed by atoms with Gasteiger partial charge in [-0.1, -0.05) is 18.2 Å². The minimum absolute atomic E-state index is 0.00235. The van der Waals surface area contributed by atoms with Gasteiger partial charge in [-0.05, 0) is 42.3 Å². The average Bonchev–Trinajstić information content (AvgIpc) is 3.07. The zero-order valence-electron chi connectivity index (χ0n) is 16.3. The molecule has 6 heteroatoms. The summed E-state index contributed by atoms with van der Waals surface area (Å²) in [6.45, 7) is 3.75. The number of ether oxygens (including phenoxy) is 2. The SMILES string of the molecule is COc1cccc(C[C@H]2CN(C(=O)Cc3ccc4nc(C)[nH]c4c3)CCO2)c1. The van der Waals surface area contributed by atoms with E-state index in [-0.39, 0.29) is 12.0 Å². The summed E-state index contributed by atoms with van der Waals surface area (Å²) in [4.78, 5) is 22.4. The quantitative estimate of drug-likeness (QED) is 0.740. The molecule has 0 aliphatic carbocycles. The lowest BCUT2D eigenvalue weighted by atomic mass is 10.1. The van der Waals surface area contributed by atoms with Gasteiger partial charge in [-0.3, -0.25) is 4.79 Å². The third-order valence-corrected chi connectivity index (χ3v) is 5.11. The Balaban J connectivity index is 1.39. The van der Waals surface area contributed by atoms with E-state index in [1.54, 1.807) is 7.11 Å². The van der Waals surface area contributed by atoms with Crippen LogP contribution < -0.4 is 4.74 Å². The van der Waals surface area contributed by atoms with Gasteiger partial charge in [0.15, 0.2) is 0 Å². The molecule has 6 nitrogen and oxygen atoms in total. The first kappa shape index (κ1) is 18.5. The molecular formula is C22H25N3O3. The highest BCUT2D eigenvalue weighted by molar-refractivity contribution is 5.82. The predicted octanol–water partition coefficient (Wildman–Crippen LogP) is 2.89. The van der Waals surface area contributed by atoms with Crippen LogP contribution in [0.25, 0.3) is 11.0 Å². The van der Waals surface area contributed by atoms with Crippen LogP contribution in [0.1, 0.15) is 17.0 Å². The molecule has 1 fully saturated rings. The molecule has 3 aromatic rings. The Hall–Kier alpha value is -2.86. The van der Waals surface area contributed by atoms with Crippen molar-refractivity contribution >= 4 is 16.9 Å². The van der Waals surface area contributed by atoms with E-state index >= 15 is 0 Å². The van der Waals surface area contributed by atoms with Gasteiger partial charge >= 0.3 is 0 Å². The molecule has 1 aliphatic heterocycles. The molecule has 0 saturated carbocycles. The number of nitrogens with zero attached hydrogens (tertiary/aromatic N) is 2. The number of hydrogen-bond acceptors (Lipinski definition) is 4. The second kappa shape index (κ2) is 8.02. The summed E-state index contributed by atoms with van der Waals surface area (Å²) < 4.78 is 11.2. The van der Waals surface area contributed by atoms with Crippen LogP contribution in [0.5, 0.6) is 5.75 Å². The first-order chi connectivity index (χ1) is 13.6. The number of fused-ring (bicyclic) bond motifs is 1. The second-order valence-corrected chi connectivity index (χ2v) is 7.24. The Labute approximate surface area is 164 Å². The number of aryl methyl sites for hydroxylation is 1. The van der Waals surface area contributed by atoms with Gasteiger partial charge in [0.25, 0.3) is 0 Å². The van der Waals surface area contributed by atoms with Crippen molar-refractivity contribution in [3.8, 4) is 5.75 Å². The average molecular weight is 379 g/mol. The maximum Gasteiger partial charge on any atom is 0.227 e. The molecule has 2 heterocycles. The van der Waals surface area contributed by atoms with Crippen LogP contribution in [0.2, 0.25) is 0 Å². The number of morpholine rings is 1. The van der Waals surface area contributed by atoms with Crippen LogP contribution in [-0.2, 0) is 22.4 Å². The molecular weight excluding hydrogens is 354 g/mol. The van der Waals surface area contributed by atoms with E-state index in [2.05, 4.69) is 16.0 Å². The van der Waals surface area contributed by atoms with Crippen molar-refractivity contribution in [3.63, 3.8) is 0 Å². The summed E-state index contributed by atoms with van der Waals surface area (Å²) in [7, 11) is 1.67. The van der Waals surface area contributed by atoms with E-state index < -0.39 is 0 Å². The monoisotopic (exact) mass is 379 g/mol. The highest BCUT2D eigenvalue weighted by atomic mass is 16.5. The first-order valence-electron chi connectivity index (χ1n) is 9.58. The van der Waals surface area contributed by atoms with Crippen LogP contribution in [0.15, 0.2) is 42.5 Å². The summed E-state index contributed by atoms with van der Waals surface area (Å²) in [6, 6.07) is 14.0. The van der Waals surface area contributed by atoms with Crippen LogP contribution >= 0.6 is 0 Å². The number of hydrogen-bond donors (Lipinski definition) is 1. The smallest absolute Gasteiger partial charge is 0.227 e. The highest BCUT2D eigenvalue weighted by Gasteiger charge is 2.24. The van der Waals surface area contributed by atoms with Crippen LogP contribution in [0, 0.1) is 6.92 Å². The van der Waals surface area contributed by atoms with Crippen molar-refractivity contribution < 1.29 is 14.3 Å². The van der Waals surface area contributed by atoms with Crippen molar-refractivity contribution in [2.24, 2.45) is 0 Å². The number of amides is 1. The molecule has 28 heavy (non-hydrogen) atoms. The van der Waals surface area contributed by atoms with E-state index in [0.29, 0.717) is 26.1 Å². The minimum Gasteiger partial charge on any atom is -0.497 e. The Morgan fingerprint density at radius 2 is 2.18 bits per heavy atom. The number of rotatable bonds is 5. The summed E-state index contributed by atoms with van der Waals surface area (Å²) in [5, 5.41) is 0. The zero-order chi connectivity index (χ0) is 19.5. The number of carbonyl (C=O) groups excluding carboxylic acids is 1. The minimum atomic E-state index is 0.00235. The van der Waals surface area contributed by atoms with Gasteiger partial charge in [-0.15, -0.1) is 0 Å². The molecule has 0 unspecified atom stereocenters. The van der Waals surface area contributed by atoms with Gasteiger partial charge < -0.3 is 19.4 Å². The largest absolute Gasteiger partial charge is 0.497 e. The number of benzene rings is 2. The number of methoxy groups -OCH3 is 1. The van der Waals surface area contributed by atoms with Gasteiger partial charge in [0.2, 0.25) is 5.91 Å². The lowest BCUT2D eigenvalue weighted by Crippen LogP contribution is -2.46. The van der Waals surface area contributed by atoms with E-state index in [9.17, 15) is 4.79 Å². The predicted molar refractivity (Wildman–Crippen MR) is 108 cm³/mol. The van der Waals surface area contributed by atoms with Crippen molar-refractivity contribution in [2.45, 2.75) is 25.9 Å². The Bertz CT molecular complexity index is 982. The number of imidazole rings is 1. The number of nitrogens with one attached hydrogen (secondary N) is 1. The van der Waals surface area contributed by atoms with E-state index in [0.717, 1.165) is 40.2 Å². The van der Waals surface area contributed by atoms with Gasteiger partial charge in [-0.2, -0.15) is 0 Å². The summed E-state index contributed by atoms with van der Waals surface area (Å²) >= 11 is 0. The summed E-state index contributed by atoms with van der Waals surface area (Å²) in [5.74, 6) is 1.85. The summed E-state index contributed by atoms with van der Waals surface area (Å²) in [5.41, 5.74) is 4.05. The lowest BCUT2D eigenvalue weighted by Gasteiger charge is -2.33. The third-order valence-electron chi connectivity index (χ3n) is 5.11. The van der Waals surface area contributed by atoms with Crippen LogP contribution in [0.3, 0.4) is 0 Å². The molecule has 0 radical (unpaired) electrons. The van der Waals surface area contributed by atoms with E-state index in [1.807, 2.05) is 48.2 Å². The molecule has 1 atom stereocenters. The number of aromatic nitrogens is 2. The normalized spacial score (nSPS) is 17.1. The van der Waals surface area contributed by atoms with Crippen LogP contribution in [-0.4, -0.2) is 53.7 Å². The van der Waals surface area contributed by atoms with Gasteiger partial charge in [-0.25, -0.2) is 4.98 Å². The zero-order valence-corrected chi connectivity index (χ0v) is 16.3. The third kappa shape index (κ3) is 4.17. The molecule has 146 valence electrons. The highest BCUT2D eigenvalue weighted by Crippen LogP contribution is 2.18. The molecule has 1 saturated heterocycles. The Kier molecular flexibility index (Phi) is 5.30. The maximum absolute atomic E-state index is 12.8. The van der Waals surface area contributed by atoms with E-state index in [1.165, 1.54) is 0 Å². The van der Waals surface area contributed by atoms with Gasteiger partial charge in [0.1, 0.15) is 11.6 Å². The Morgan fingerprint density at radius 3 is 3.04 bits per heavy atom. The number of H-pyrrole nitrogens is 1. The molecule has 2 aromatic carbocycles. The van der Waals surface area contributed by atoms with Gasteiger partial charge in [0, 0.05) is 19.5 Å². The molecule has 1 aliphatic rings. The van der Waals surface area contributed by atoms with Crippen LogP contribution in [0.4, 0.5) is 0 Å². The number of aromatic amines is 1. The summed E-state index contributed by atoms with van der Waals surface area (Å²) in [6.07, 6.45) is 1.16. The second-order valence-electron chi connectivity index (χ2n) is 7.24. The van der Waals surface area contributed by atoms with Crippen molar-refractivity contribution in [3.05, 3.63) is 59.4 Å². The molecule has 1 aromatic heterocycles. The molecule has 4 rings (SSSR count). The molecule has 0 spiro atoms. The first-order valence-corrected chi connectivity index (χ1v) is 9.58. The fraction of sp³-hybridized carbons (Fsp3) is 0.364. The van der Waals surface area contributed by atoms with Crippen molar-refractivity contribution in [1.29, 1.82) is 0 Å². The topological polar surface area (TPSA) is 67.5 Å². The molecule has 1 amide bonds. The van der Waals surface area contributed by atoms with Gasteiger partial charge in [0.05, 0.1) is 37.3 Å². The molecule has 1 N–H and O–H groups in total. The van der Waals surface area contributed by atoms with E-state index in [4.69, 9.17) is 9.47 Å². The fourth-order valence-corrected chi connectivity index (χ4v) is 3.71. The molecule has 0 bridgehead atoms. The fourth-order valence-electron chi connectivity index (χ4n) is 3.71. The van der Waals surface area contributed by atoms with Crippen molar-refractivity contribution in [2.75, 3.05) is 26.8 Å². The van der Waals surface area contributed by atoms with Crippen molar-refractivity contribution in [1.82, 2.24) is 14.9 Å². The standard InChI is InChI=1S/C22H25N3O3/c1-15-23-20-7-6-17(12-21(20)24-15)13-22(26)25-8-9-28-19(14-25)11-16-4-3-5-18(10-16)27-2/h3-7,10,12,19H,8-9,11,13-14H2,1-2H3,(H,23,24)/t19-/m0/s1. The maximum atomic E-state index is 12.8.